The topological polar surface area (TPSA) is 12.0 Å². The van der Waals surface area contributed by atoms with Gasteiger partial charge in [-0.3, -0.25) is 0 Å². The quantitative estimate of drug-likeness (QED) is 0.651. The van der Waals surface area contributed by atoms with Crippen LogP contribution in [-0.2, 0) is 0 Å². The predicted molar refractivity (Wildman–Crippen MR) is 45.2 cm³/mol. The lowest BCUT2D eigenvalue weighted by Crippen LogP contribution is -2.19. The van der Waals surface area contributed by atoms with Crippen LogP contribution in [0.1, 0.15) is 19.3 Å². The molecular weight excluding hydrogens is 146 g/mol. The van der Waals surface area contributed by atoms with Gasteiger partial charge in [0.15, 0.2) is 0 Å². The van der Waals surface area contributed by atoms with Crippen molar-refractivity contribution in [3.8, 4) is 0 Å². The van der Waals surface area contributed by atoms with Gasteiger partial charge in [0.05, 0.1) is 0 Å². The molecule has 0 aromatic rings. The summed E-state index contributed by atoms with van der Waals surface area (Å²) in [5.41, 5.74) is 0. The fourth-order valence-corrected chi connectivity index (χ4v) is 1.53. The first-order valence-electron chi connectivity index (χ1n) is 3.82. The van der Waals surface area contributed by atoms with Crippen LogP contribution in [0.4, 0.5) is 0 Å². The molecule has 0 heterocycles. The van der Waals surface area contributed by atoms with Crippen molar-refractivity contribution < 1.29 is 0 Å². The van der Waals surface area contributed by atoms with Crippen LogP contribution in [0.25, 0.3) is 0 Å². The molecule has 58 valence electrons. The van der Waals surface area contributed by atoms with E-state index >= 15 is 0 Å². The normalized spacial score (nSPS) is 26.2. The van der Waals surface area contributed by atoms with E-state index in [2.05, 4.69) is 11.4 Å². The summed E-state index contributed by atoms with van der Waals surface area (Å²) >= 11 is 5.82. The molecule has 0 spiro atoms. The van der Waals surface area contributed by atoms with Gasteiger partial charge in [-0.2, -0.15) is 0 Å². The lowest BCUT2D eigenvalue weighted by Gasteiger charge is -2.18. The van der Waals surface area contributed by atoms with Crippen LogP contribution in [-0.4, -0.2) is 13.6 Å². The van der Waals surface area contributed by atoms with Crippen molar-refractivity contribution in [3.63, 3.8) is 0 Å². The van der Waals surface area contributed by atoms with E-state index in [4.69, 9.17) is 11.6 Å². The number of hydrogen-bond acceptors (Lipinski definition) is 1. The van der Waals surface area contributed by atoms with Crippen LogP contribution in [0.5, 0.6) is 0 Å². The van der Waals surface area contributed by atoms with E-state index in [1.54, 1.807) is 0 Å². The second kappa shape index (κ2) is 3.99. The second-order valence-electron chi connectivity index (χ2n) is 2.85. The summed E-state index contributed by atoms with van der Waals surface area (Å²) in [5, 5.41) is 4.23. The lowest BCUT2D eigenvalue weighted by molar-refractivity contribution is 0.456. The van der Waals surface area contributed by atoms with Gasteiger partial charge < -0.3 is 5.32 Å². The van der Waals surface area contributed by atoms with Crippen molar-refractivity contribution in [2.75, 3.05) is 13.6 Å². The van der Waals surface area contributed by atoms with Gasteiger partial charge in [-0.25, -0.2) is 0 Å². The Labute approximate surface area is 67.5 Å². The summed E-state index contributed by atoms with van der Waals surface area (Å²) in [6.45, 7) is 1.13. The Balaban J connectivity index is 2.27. The third-order valence-electron chi connectivity index (χ3n) is 1.96. The lowest BCUT2D eigenvalue weighted by atomic mass is 9.94. The van der Waals surface area contributed by atoms with Crippen molar-refractivity contribution in [1.29, 1.82) is 0 Å². The van der Waals surface area contributed by atoms with Crippen LogP contribution in [0, 0.1) is 5.92 Å². The summed E-state index contributed by atoms with van der Waals surface area (Å²) in [7, 11) is 2.00. The average Bonchev–Trinajstić information content (AvgIpc) is 1.95. The van der Waals surface area contributed by atoms with E-state index in [1.807, 2.05) is 7.05 Å². The smallest absolute Gasteiger partial charge is 0.0141 e. The molecule has 0 aromatic heterocycles. The van der Waals surface area contributed by atoms with Gasteiger partial charge in [0.1, 0.15) is 0 Å². The van der Waals surface area contributed by atoms with E-state index in [9.17, 15) is 0 Å². The third-order valence-corrected chi connectivity index (χ3v) is 2.30. The van der Waals surface area contributed by atoms with E-state index in [1.165, 1.54) is 6.42 Å². The van der Waals surface area contributed by atoms with E-state index in [-0.39, 0.29) is 0 Å². The number of nitrogens with one attached hydrogen (secondary N) is 1. The molecule has 1 rings (SSSR count). The standard InChI is InChI=1S/C8H14ClN/c1-10-6-7-2-4-8(9)5-3-7/h4,7,10H,2-3,5-6H2,1H3. The average molecular weight is 160 g/mol. The fourth-order valence-electron chi connectivity index (χ4n) is 1.33. The number of halogens is 1. The first-order valence-corrected chi connectivity index (χ1v) is 4.20. The summed E-state index contributed by atoms with van der Waals surface area (Å²) in [5.74, 6) is 0.812. The molecule has 0 saturated heterocycles. The van der Waals surface area contributed by atoms with Gasteiger partial charge in [0.2, 0.25) is 0 Å². The van der Waals surface area contributed by atoms with Crippen LogP contribution < -0.4 is 5.32 Å². The Bertz CT molecular complexity index is 131. The zero-order valence-electron chi connectivity index (χ0n) is 6.36. The second-order valence-corrected chi connectivity index (χ2v) is 3.33. The first kappa shape index (κ1) is 8.09. The van der Waals surface area contributed by atoms with E-state index in [0.717, 1.165) is 30.3 Å². The Morgan fingerprint density at radius 1 is 1.80 bits per heavy atom. The molecule has 0 saturated carbocycles. The highest BCUT2D eigenvalue weighted by molar-refractivity contribution is 6.29. The molecule has 1 unspecified atom stereocenters. The molecule has 1 atom stereocenters. The van der Waals surface area contributed by atoms with Crippen molar-refractivity contribution in [1.82, 2.24) is 5.32 Å². The van der Waals surface area contributed by atoms with Gasteiger partial charge in [0.25, 0.3) is 0 Å². The molecule has 0 bridgehead atoms. The Morgan fingerprint density at radius 2 is 2.60 bits per heavy atom. The van der Waals surface area contributed by atoms with Crippen molar-refractivity contribution in [2.45, 2.75) is 19.3 Å². The molecule has 2 heteroatoms. The zero-order chi connectivity index (χ0) is 7.40. The van der Waals surface area contributed by atoms with Gasteiger partial charge >= 0.3 is 0 Å². The fraction of sp³-hybridized carbons (Fsp3) is 0.750. The molecule has 1 N–H and O–H groups in total. The minimum absolute atomic E-state index is 0.812. The molecule has 1 aliphatic rings. The van der Waals surface area contributed by atoms with Crippen molar-refractivity contribution in [3.05, 3.63) is 11.1 Å². The molecule has 0 aliphatic heterocycles. The van der Waals surface area contributed by atoms with Gasteiger partial charge in [-0.15, -0.1) is 0 Å². The highest BCUT2D eigenvalue weighted by Crippen LogP contribution is 2.24. The van der Waals surface area contributed by atoms with Crippen molar-refractivity contribution >= 4 is 11.6 Å². The van der Waals surface area contributed by atoms with Gasteiger partial charge in [-0.05, 0) is 38.8 Å². The largest absolute Gasteiger partial charge is 0.319 e. The predicted octanol–water partition coefficient (Wildman–Crippen LogP) is 2.13. The highest BCUT2D eigenvalue weighted by Gasteiger charge is 2.11. The molecule has 0 fully saturated rings. The Hall–Kier alpha value is -0.0100. The highest BCUT2D eigenvalue weighted by atomic mass is 35.5. The summed E-state index contributed by atoms with van der Waals surface area (Å²) in [4.78, 5) is 0. The molecule has 10 heavy (non-hydrogen) atoms. The molecule has 0 amide bonds. The van der Waals surface area contributed by atoms with Crippen LogP contribution in [0.3, 0.4) is 0 Å². The molecule has 1 nitrogen and oxygen atoms in total. The minimum atomic E-state index is 0.812. The molecular formula is C8H14ClN. The molecule has 0 aromatic carbocycles. The minimum Gasteiger partial charge on any atom is -0.319 e. The molecule has 0 radical (unpaired) electrons. The monoisotopic (exact) mass is 159 g/mol. The van der Waals surface area contributed by atoms with E-state index in [0.29, 0.717) is 0 Å². The van der Waals surface area contributed by atoms with Gasteiger partial charge in [-0.1, -0.05) is 17.7 Å². The Morgan fingerprint density at radius 3 is 3.10 bits per heavy atom. The summed E-state index contributed by atoms with van der Waals surface area (Å²) in [6.07, 6.45) is 5.62. The maximum absolute atomic E-state index is 5.82. The van der Waals surface area contributed by atoms with Gasteiger partial charge in [0, 0.05) is 5.03 Å². The number of rotatable bonds is 2. The zero-order valence-corrected chi connectivity index (χ0v) is 7.12. The van der Waals surface area contributed by atoms with Crippen LogP contribution in [0.2, 0.25) is 0 Å². The Kier molecular flexibility index (Phi) is 3.23. The maximum Gasteiger partial charge on any atom is 0.0141 e. The number of hydrogen-bond donors (Lipinski definition) is 1. The van der Waals surface area contributed by atoms with Crippen molar-refractivity contribution in [2.24, 2.45) is 5.92 Å². The summed E-state index contributed by atoms with van der Waals surface area (Å²) in [6, 6.07) is 0. The first-order chi connectivity index (χ1) is 4.83. The number of allylic oxidation sites excluding steroid dienone is 2. The molecule has 1 aliphatic carbocycles. The SMILES string of the molecule is CNCC1CC=C(Cl)CC1. The maximum atomic E-state index is 5.82. The van der Waals surface area contributed by atoms with E-state index < -0.39 is 0 Å². The summed E-state index contributed by atoms with van der Waals surface area (Å²) < 4.78 is 0. The van der Waals surface area contributed by atoms with Crippen LogP contribution in [0.15, 0.2) is 11.1 Å². The third kappa shape index (κ3) is 2.31. The van der Waals surface area contributed by atoms with Crippen LogP contribution >= 0.6 is 11.6 Å².